The Morgan fingerprint density at radius 1 is 1.22 bits per heavy atom. The highest BCUT2D eigenvalue weighted by Crippen LogP contribution is 2.28. The molecule has 144 valence electrons. The van der Waals surface area contributed by atoms with Gasteiger partial charge in [-0.1, -0.05) is 23.2 Å². The Balaban J connectivity index is 2.30. The van der Waals surface area contributed by atoms with E-state index in [1.807, 2.05) is 0 Å². The Labute approximate surface area is 165 Å². The topological polar surface area (TPSA) is 110 Å². The number of benzene rings is 2. The van der Waals surface area contributed by atoms with Crippen LogP contribution in [-0.2, 0) is 14.8 Å². The molecule has 0 aromatic heterocycles. The van der Waals surface area contributed by atoms with Crippen molar-refractivity contribution in [1.82, 2.24) is 0 Å². The smallest absolute Gasteiger partial charge is 0.271 e. The highest BCUT2D eigenvalue weighted by atomic mass is 35.5. The number of nitrogens with one attached hydrogen (secondary N) is 1. The highest BCUT2D eigenvalue weighted by Gasteiger charge is 2.23. The Hall–Kier alpha value is -2.36. The second-order valence-electron chi connectivity index (χ2n) is 5.67. The van der Waals surface area contributed by atoms with Crippen molar-refractivity contribution < 1.29 is 18.1 Å². The summed E-state index contributed by atoms with van der Waals surface area (Å²) in [5, 5.41) is 13.8. The number of anilines is 2. The van der Waals surface area contributed by atoms with E-state index < -0.39 is 27.4 Å². The number of non-ortho nitro benzene ring substituents is 1. The monoisotopic (exact) mass is 431 g/mol. The summed E-state index contributed by atoms with van der Waals surface area (Å²) in [6, 6.07) is 8.14. The van der Waals surface area contributed by atoms with E-state index in [2.05, 4.69) is 5.32 Å². The van der Waals surface area contributed by atoms with Gasteiger partial charge in [0, 0.05) is 17.2 Å². The van der Waals surface area contributed by atoms with Crippen LogP contribution in [0.2, 0.25) is 10.0 Å². The number of carbonyl (C=O) groups excluding carboxylic acids is 1. The van der Waals surface area contributed by atoms with E-state index in [4.69, 9.17) is 23.2 Å². The molecule has 0 spiro atoms. The van der Waals surface area contributed by atoms with Crippen LogP contribution in [0.3, 0.4) is 0 Å². The quantitative estimate of drug-likeness (QED) is 0.554. The first kappa shape index (κ1) is 20.9. The lowest BCUT2D eigenvalue weighted by molar-refractivity contribution is -0.384. The number of carbonyl (C=O) groups is 1. The third-order valence-electron chi connectivity index (χ3n) is 3.55. The molecule has 0 fully saturated rings. The summed E-state index contributed by atoms with van der Waals surface area (Å²) in [6.45, 7) is 1.12. The normalized spacial score (nSPS) is 11.1. The minimum Gasteiger partial charge on any atom is -0.323 e. The van der Waals surface area contributed by atoms with Crippen LogP contribution >= 0.6 is 23.2 Å². The summed E-state index contributed by atoms with van der Waals surface area (Å²) in [5.41, 5.74) is 0.608. The van der Waals surface area contributed by atoms with Crippen LogP contribution in [0.1, 0.15) is 5.56 Å². The predicted molar refractivity (Wildman–Crippen MR) is 105 cm³/mol. The summed E-state index contributed by atoms with van der Waals surface area (Å²) >= 11 is 11.8. The molecule has 0 saturated heterocycles. The molecule has 0 aliphatic carbocycles. The van der Waals surface area contributed by atoms with E-state index in [9.17, 15) is 23.3 Å². The number of amides is 1. The van der Waals surface area contributed by atoms with Crippen LogP contribution in [0.25, 0.3) is 0 Å². The van der Waals surface area contributed by atoms with E-state index in [1.165, 1.54) is 24.3 Å². The second kappa shape index (κ2) is 8.12. The Morgan fingerprint density at radius 2 is 1.89 bits per heavy atom. The van der Waals surface area contributed by atoms with Crippen molar-refractivity contribution in [2.75, 3.05) is 22.4 Å². The Morgan fingerprint density at radius 3 is 2.44 bits per heavy atom. The van der Waals surface area contributed by atoms with Crippen molar-refractivity contribution >= 4 is 56.2 Å². The van der Waals surface area contributed by atoms with Gasteiger partial charge in [-0.3, -0.25) is 19.2 Å². The molecule has 8 nitrogen and oxygen atoms in total. The van der Waals surface area contributed by atoms with Gasteiger partial charge in [0.25, 0.3) is 5.69 Å². The van der Waals surface area contributed by atoms with Gasteiger partial charge in [-0.25, -0.2) is 8.42 Å². The molecule has 2 aromatic rings. The average molecular weight is 432 g/mol. The van der Waals surface area contributed by atoms with Gasteiger partial charge >= 0.3 is 0 Å². The minimum absolute atomic E-state index is 0.0112. The molecule has 0 aliphatic rings. The fourth-order valence-corrected chi connectivity index (χ4v) is 3.63. The SMILES string of the molecule is Cc1cc(Cl)ccc1N(CC(=O)Nc1cc([N+](=O)[O-])ccc1Cl)S(C)(=O)=O. The summed E-state index contributed by atoms with van der Waals surface area (Å²) in [6.07, 6.45) is 0.967. The molecule has 0 bridgehead atoms. The molecular formula is C16H15Cl2N3O5S. The third kappa shape index (κ3) is 5.31. The van der Waals surface area contributed by atoms with Crippen molar-refractivity contribution in [3.05, 3.63) is 62.1 Å². The van der Waals surface area contributed by atoms with E-state index in [-0.39, 0.29) is 16.4 Å². The van der Waals surface area contributed by atoms with Crippen molar-refractivity contribution in [3.8, 4) is 0 Å². The van der Waals surface area contributed by atoms with Gasteiger partial charge < -0.3 is 5.32 Å². The van der Waals surface area contributed by atoms with Crippen LogP contribution in [0.15, 0.2) is 36.4 Å². The number of nitro benzene ring substituents is 1. The molecule has 2 aromatic carbocycles. The van der Waals surface area contributed by atoms with Crippen LogP contribution in [0.4, 0.5) is 17.1 Å². The summed E-state index contributed by atoms with van der Waals surface area (Å²) in [4.78, 5) is 22.6. The van der Waals surface area contributed by atoms with E-state index >= 15 is 0 Å². The predicted octanol–water partition coefficient (Wildman–Crippen LogP) is 3.61. The zero-order chi connectivity index (χ0) is 20.4. The second-order valence-corrected chi connectivity index (χ2v) is 8.42. The third-order valence-corrected chi connectivity index (χ3v) is 5.24. The van der Waals surface area contributed by atoms with Crippen LogP contribution in [0, 0.1) is 17.0 Å². The van der Waals surface area contributed by atoms with Gasteiger partial charge in [-0.15, -0.1) is 0 Å². The number of sulfonamides is 1. The van der Waals surface area contributed by atoms with Crippen molar-refractivity contribution in [1.29, 1.82) is 0 Å². The zero-order valence-corrected chi connectivity index (χ0v) is 16.6. The number of nitro groups is 1. The summed E-state index contributed by atoms with van der Waals surface area (Å²) in [5.74, 6) is -0.711. The van der Waals surface area contributed by atoms with E-state index in [1.54, 1.807) is 13.0 Å². The highest BCUT2D eigenvalue weighted by molar-refractivity contribution is 7.92. The molecule has 0 unspecified atom stereocenters. The molecule has 0 saturated carbocycles. The van der Waals surface area contributed by atoms with Gasteiger partial charge in [0.1, 0.15) is 6.54 Å². The first-order valence-electron chi connectivity index (χ1n) is 7.46. The van der Waals surface area contributed by atoms with Crippen molar-refractivity contribution in [2.45, 2.75) is 6.92 Å². The average Bonchev–Trinajstić information content (AvgIpc) is 2.54. The lowest BCUT2D eigenvalue weighted by atomic mass is 10.2. The first-order chi connectivity index (χ1) is 12.5. The van der Waals surface area contributed by atoms with E-state index in [0.717, 1.165) is 16.6 Å². The maximum atomic E-state index is 12.4. The van der Waals surface area contributed by atoms with Crippen LogP contribution in [0.5, 0.6) is 0 Å². The van der Waals surface area contributed by atoms with Crippen molar-refractivity contribution in [3.63, 3.8) is 0 Å². The minimum atomic E-state index is -3.78. The molecule has 1 amide bonds. The number of rotatable bonds is 6. The van der Waals surface area contributed by atoms with Crippen LogP contribution in [-0.4, -0.2) is 32.0 Å². The Bertz CT molecular complexity index is 1010. The van der Waals surface area contributed by atoms with Gasteiger partial charge in [0.2, 0.25) is 15.9 Å². The number of hydrogen-bond donors (Lipinski definition) is 1. The van der Waals surface area contributed by atoms with Gasteiger partial charge in [-0.2, -0.15) is 0 Å². The largest absolute Gasteiger partial charge is 0.323 e. The zero-order valence-electron chi connectivity index (χ0n) is 14.3. The maximum absolute atomic E-state index is 12.4. The standard InChI is InChI=1S/C16H15Cl2N3O5S/c1-10-7-11(17)3-6-15(10)20(27(2,25)26)9-16(22)19-14-8-12(21(23)24)4-5-13(14)18/h3-8H,9H2,1-2H3,(H,19,22). The Kier molecular flexibility index (Phi) is 6.30. The number of halogens is 2. The summed E-state index contributed by atoms with van der Waals surface area (Å²) in [7, 11) is -3.78. The number of aryl methyl sites for hydroxylation is 1. The number of hydrogen-bond acceptors (Lipinski definition) is 5. The molecule has 0 radical (unpaired) electrons. The molecule has 0 aliphatic heterocycles. The fourth-order valence-electron chi connectivity index (χ4n) is 2.32. The fraction of sp³-hybridized carbons (Fsp3) is 0.188. The molecule has 0 heterocycles. The van der Waals surface area contributed by atoms with Crippen molar-refractivity contribution in [2.24, 2.45) is 0 Å². The maximum Gasteiger partial charge on any atom is 0.271 e. The molecule has 0 atom stereocenters. The first-order valence-corrected chi connectivity index (χ1v) is 10.1. The lowest BCUT2D eigenvalue weighted by Gasteiger charge is -2.23. The van der Waals surface area contributed by atoms with E-state index in [0.29, 0.717) is 16.3 Å². The molecule has 27 heavy (non-hydrogen) atoms. The van der Waals surface area contributed by atoms with Gasteiger partial charge in [0.15, 0.2) is 0 Å². The summed E-state index contributed by atoms with van der Waals surface area (Å²) < 4.78 is 25.2. The molecular weight excluding hydrogens is 417 g/mol. The molecule has 2 rings (SSSR count). The van der Waals surface area contributed by atoms with Gasteiger partial charge in [0.05, 0.1) is 27.6 Å². The lowest BCUT2D eigenvalue weighted by Crippen LogP contribution is -2.37. The number of nitrogens with zero attached hydrogens (tertiary/aromatic N) is 2. The van der Waals surface area contributed by atoms with Gasteiger partial charge in [-0.05, 0) is 36.8 Å². The molecule has 11 heteroatoms. The van der Waals surface area contributed by atoms with Crippen LogP contribution < -0.4 is 9.62 Å². The molecule has 1 N–H and O–H groups in total.